The molecule has 0 radical (unpaired) electrons. The fraction of sp³-hybridized carbons (Fsp3) is 1.00. The Balaban J connectivity index is 2.19. The molecule has 1 aliphatic rings. The van der Waals surface area contributed by atoms with E-state index in [1.807, 2.05) is 7.05 Å². The third-order valence-corrected chi connectivity index (χ3v) is 3.08. The smallest absolute Gasteiger partial charge is 0.0107 e. The van der Waals surface area contributed by atoms with Crippen LogP contribution in [0.15, 0.2) is 0 Å². The fourth-order valence-corrected chi connectivity index (χ4v) is 2.01. The summed E-state index contributed by atoms with van der Waals surface area (Å²) in [6, 6.07) is 1.24. The molecule has 0 aromatic heterocycles. The predicted molar refractivity (Wildman–Crippen MR) is 56.8 cm³/mol. The molecule has 1 aliphatic carbocycles. The lowest BCUT2D eigenvalue weighted by molar-refractivity contribution is 0.184. The predicted octanol–water partition coefficient (Wildman–Crippen LogP) is 0.407. The van der Waals surface area contributed by atoms with E-state index in [0.717, 1.165) is 19.1 Å². The van der Waals surface area contributed by atoms with Crippen LogP contribution in [0.5, 0.6) is 0 Å². The van der Waals surface area contributed by atoms with Crippen LogP contribution in [0.2, 0.25) is 0 Å². The molecule has 78 valence electrons. The van der Waals surface area contributed by atoms with Gasteiger partial charge in [0.2, 0.25) is 0 Å². The van der Waals surface area contributed by atoms with Gasteiger partial charge in [0.25, 0.3) is 0 Å². The number of likely N-dealkylation sites (N-methyl/N-ethyl adjacent to an activating group) is 2. The second kappa shape index (κ2) is 5.58. The SMILES string of the molecule is CNCCN(C)C1CCC(N)CC1. The first-order valence-corrected chi connectivity index (χ1v) is 5.34. The fourth-order valence-electron chi connectivity index (χ4n) is 2.01. The van der Waals surface area contributed by atoms with Crippen molar-refractivity contribution in [3.05, 3.63) is 0 Å². The highest BCUT2D eigenvalue weighted by Gasteiger charge is 2.21. The standard InChI is InChI=1S/C10H23N3/c1-12-7-8-13(2)10-5-3-9(11)4-6-10/h9-10,12H,3-8,11H2,1-2H3. The van der Waals surface area contributed by atoms with Gasteiger partial charge in [-0.3, -0.25) is 0 Å². The maximum atomic E-state index is 5.87. The average molecular weight is 185 g/mol. The molecular weight excluding hydrogens is 162 g/mol. The van der Waals surface area contributed by atoms with Crippen molar-refractivity contribution in [1.29, 1.82) is 0 Å². The molecular formula is C10H23N3. The van der Waals surface area contributed by atoms with Crippen LogP contribution in [0, 0.1) is 0 Å². The first kappa shape index (κ1) is 11.0. The number of rotatable bonds is 4. The summed E-state index contributed by atoms with van der Waals surface area (Å²) in [5, 5.41) is 3.18. The molecule has 0 saturated heterocycles. The maximum Gasteiger partial charge on any atom is 0.0107 e. The van der Waals surface area contributed by atoms with Crippen LogP contribution in [0.3, 0.4) is 0 Å². The quantitative estimate of drug-likeness (QED) is 0.666. The monoisotopic (exact) mass is 185 g/mol. The Morgan fingerprint density at radius 2 is 1.92 bits per heavy atom. The van der Waals surface area contributed by atoms with E-state index in [0.29, 0.717) is 6.04 Å². The average Bonchev–Trinajstić information content (AvgIpc) is 2.15. The lowest BCUT2D eigenvalue weighted by Gasteiger charge is -2.33. The molecule has 0 aromatic carbocycles. The molecule has 0 atom stereocenters. The van der Waals surface area contributed by atoms with Gasteiger partial charge in [-0.15, -0.1) is 0 Å². The van der Waals surface area contributed by atoms with E-state index in [4.69, 9.17) is 5.73 Å². The van der Waals surface area contributed by atoms with Gasteiger partial charge in [-0.1, -0.05) is 0 Å². The molecule has 0 spiro atoms. The van der Waals surface area contributed by atoms with Crippen molar-refractivity contribution in [3.63, 3.8) is 0 Å². The molecule has 3 heteroatoms. The van der Waals surface area contributed by atoms with Gasteiger partial charge in [-0.05, 0) is 39.8 Å². The molecule has 3 N–H and O–H groups in total. The third kappa shape index (κ3) is 3.63. The van der Waals surface area contributed by atoms with Crippen LogP contribution in [0.1, 0.15) is 25.7 Å². The van der Waals surface area contributed by atoms with Crippen molar-refractivity contribution >= 4 is 0 Å². The van der Waals surface area contributed by atoms with Gasteiger partial charge in [-0.2, -0.15) is 0 Å². The summed E-state index contributed by atoms with van der Waals surface area (Å²) in [6.07, 6.45) is 4.96. The molecule has 0 bridgehead atoms. The Hall–Kier alpha value is -0.120. The van der Waals surface area contributed by atoms with Crippen molar-refractivity contribution in [2.45, 2.75) is 37.8 Å². The minimum Gasteiger partial charge on any atom is -0.328 e. The Morgan fingerprint density at radius 3 is 2.46 bits per heavy atom. The molecule has 0 aliphatic heterocycles. The van der Waals surface area contributed by atoms with E-state index in [2.05, 4.69) is 17.3 Å². The van der Waals surface area contributed by atoms with Crippen molar-refractivity contribution in [3.8, 4) is 0 Å². The molecule has 1 fully saturated rings. The number of nitrogens with one attached hydrogen (secondary N) is 1. The summed E-state index contributed by atoms with van der Waals surface area (Å²) in [4.78, 5) is 2.46. The van der Waals surface area contributed by atoms with Gasteiger partial charge < -0.3 is 16.0 Å². The number of hydrogen-bond donors (Lipinski definition) is 2. The Labute approximate surface area is 81.7 Å². The maximum absolute atomic E-state index is 5.87. The molecule has 1 rings (SSSR count). The highest BCUT2D eigenvalue weighted by atomic mass is 15.1. The Morgan fingerprint density at radius 1 is 1.31 bits per heavy atom. The summed E-state index contributed by atoms with van der Waals surface area (Å²) in [5.74, 6) is 0. The van der Waals surface area contributed by atoms with Gasteiger partial charge in [0.15, 0.2) is 0 Å². The summed E-state index contributed by atoms with van der Waals surface area (Å²) in [6.45, 7) is 2.23. The molecule has 3 nitrogen and oxygen atoms in total. The summed E-state index contributed by atoms with van der Waals surface area (Å²) < 4.78 is 0. The van der Waals surface area contributed by atoms with E-state index < -0.39 is 0 Å². The summed E-state index contributed by atoms with van der Waals surface area (Å²) in [7, 11) is 4.23. The lowest BCUT2D eigenvalue weighted by Crippen LogP contribution is -2.41. The van der Waals surface area contributed by atoms with Gasteiger partial charge in [-0.25, -0.2) is 0 Å². The van der Waals surface area contributed by atoms with E-state index in [9.17, 15) is 0 Å². The molecule has 0 unspecified atom stereocenters. The van der Waals surface area contributed by atoms with Gasteiger partial charge in [0.05, 0.1) is 0 Å². The van der Waals surface area contributed by atoms with Crippen LogP contribution in [0.25, 0.3) is 0 Å². The Bertz CT molecular complexity index is 130. The normalized spacial score (nSPS) is 29.5. The van der Waals surface area contributed by atoms with Crippen molar-refractivity contribution in [2.75, 3.05) is 27.2 Å². The topological polar surface area (TPSA) is 41.3 Å². The number of nitrogens with two attached hydrogens (primary N) is 1. The molecule has 0 heterocycles. The molecule has 13 heavy (non-hydrogen) atoms. The van der Waals surface area contributed by atoms with Crippen LogP contribution in [-0.4, -0.2) is 44.2 Å². The molecule has 1 saturated carbocycles. The largest absolute Gasteiger partial charge is 0.328 e. The van der Waals surface area contributed by atoms with Crippen LogP contribution in [0.4, 0.5) is 0 Å². The first-order chi connectivity index (χ1) is 6.24. The van der Waals surface area contributed by atoms with Crippen LogP contribution < -0.4 is 11.1 Å². The van der Waals surface area contributed by atoms with E-state index in [-0.39, 0.29) is 0 Å². The van der Waals surface area contributed by atoms with E-state index in [1.165, 1.54) is 25.7 Å². The molecule has 0 aromatic rings. The minimum atomic E-state index is 0.467. The number of nitrogens with zero attached hydrogens (tertiary/aromatic N) is 1. The Kier molecular flexibility index (Phi) is 4.70. The minimum absolute atomic E-state index is 0.467. The number of hydrogen-bond acceptors (Lipinski definition) is 3. The highest BCUT2D eigenvalue weighted by Crippen LogP contribution is 2.20. The van der Waals surface area contributed by atoms with Crippen LogP contribution >= 0.6 is 0 Å². The highest BCUT2D eigenvalue weighted by molar-refractivity contribution is 4.79. The second-order valence-electron chi connectivity index (χ2n) is 4.15. The zero-order valence-electron chi connectivity index (χ0n) is 8.92. The van der Waals surface area contributed by atoms with Crippen molar-refractivity contribution in [1.82, 2.24) is 10.2 Å². The zero-order chi connectivity index (χ0) is 9.68. The van der Waals surface area contributed by atoms with E-state index >= 15 is 0 Å². The second-order valence-corrected chi connectivity index (χ2v) is 4.15. The van der Waals surface area contributed by atoms with Crippen LogP contribution in [-0.2, 0) is 0 Å². The van der Waals surface area contributed by atoms with E-state index in [1.54, 1.807) is 0 Å². The van der Waals surface area contributed by atoms with Gasteiger partial charge in [0.1, 0.15) is 0 Å². The summed E-state index contributed by atoms with van der Waals surface area (Å²) in [5.41, 5.74) is 5.87. The van der Waals surface area contributed by atoms with Gasteiger partial charge in [0, 0.05) is 25.2 Å². The first-order valence-electron chi connectivity index (χ1n) is 5.34. The zero-order valence-corrected chi connectivity index (χ0v) is 8.92. The molecule has 0 amide bonds. The third-order valence-electron chi connectivity index (χ3n) is 3.08. The van der Waals surface area contributed by atoms with Crippen molar-refractivity contribution < 1.29 is 0 Å². The summed E-state index contributed by atoms with van der Waals surface area (Å²) >= 11 is 0. The van der Waals surface area contributed by atoms with Crippen molar-refractivity contribution in [2.24, 2.45) is 5.73 Å². The lowest BCUT2D eigenvalue weighted by atomic mass is 9.91. The van der Waals surface area contributed by atoms with Gasteiger partial charge >= 0.3 is 0 Å².